The molecule has 158 valence electrons. The van der Waals surface area contributed by atoms with Gasteiger partial charge in [0, 0.05) is 22.6 Å². The van der Waals surface area contributed by atoms with Gasteiger partial charge in [0.05, 0.1) is 12.1 Å². The molecule has 1 aromatic heterocycles. The number of likely N-dealkylation sites (tertiary alicyclic amines) is 1. The third kappa shape index (κ3) is 3.01. The molecule has 2 heterocycles. The number of primary amides is 1. The zero-order valence-electron chi connectivity index (χ0n) is 17.7. The Morgan fingerprint density at radius 3 is 2.45 bits per heavy atom. The number of nitrogens with zero attached hydrogens (tertiary/aromatic N) is 1. The van der Waals surface area contributed by atoms with Gasteiger partial charge in [-0.05, 0) is 62.2 Å². The van der Waals surface area contributed by atoms with Crippen LogP contribution >= 0.6 is 0 Å². The lowest BCUT2D eigenvalue weighted by molar-refractivity contribution is -0.123. The van der Waals surface area contributed by atoms with Crippen LogP contribution in [0.5, 0.6) is 0 Å². The molecule has 2 aliphatic rings. The standard InChI is InChI=1S/C25H24N2O4/c1-13-4-3-5-17-16(13)6-7-18-21(17)23(29)22(28)20-14(2)19(31-24(18)20)12-27-10-8-15(9-11-27)25(26)30/h3-7,15H,8-12H2,1-2H3,(H2,26,30). The molecule has 5 rings (SSSR count). The molecular weight excluding hydrogens is 392 g/mol. The summed E-state index contributed by atoms with van der Waals surface area (Å²) in [5.74, 6) is -0.117. The number of hydrogen-bond acceptors (Lipinski definition) is 5. The number of fused-ring (bicyclic) bond motifs is 5. The Labute approximate surface area is 180 Å². The van der Waals surface area contributed by atoms with Crippen molar-refractivity contribution in [2.24, 2.45) is 11.7 Å². The van der Waals surface area contributed by atoms with Crippen LogP contribution < -0.4 is 5.73 Å². The van der Waals surface area contributed by atoms with Crippen molar-refractivity contribution in [3.05, 3.63) is 58.3 Å². The second-order valence-electron chi connectivity index (χ2n) is 8.62. The van der Waals surface area contributed by atoms with Crippen LogP contribution in [0.25, 0.3) is 22.1 Å². The van der Waals surface area contributed by atoms with E-state index in [-0.39, 0.29) is 11.8 Å². The average Bonchev–Trinajstić information content (AvgIpc) is 3.08. The quantitative estimate of drug-likeness (QED) is 0.656. The van der Waals surface area contributed by atoms with Crippen LogP contribution in [0.4, 0.5) is 0 Å². The molecule has 1 aliphatic heterocycles. The maximum absolute atomic E-state index is 13.1. The van der Waals surface area contributed by atoms with Gasteiger partial charge in [-0.15, -0.1) is 0 Å². The van der Waals surface area contributed by atoms with Crippen molar-refractivity contribution in [1.82, 2.24) is 4.90 Å². The van der Waals surface area contributed by atoms with E-state index >= 15 is 0 Å². The molecule has 0 saturated carbocycles. The van der Waals surface area contributed by atoms with Crippen molar-refractivity contribution in [2.45, 2.75) is 33.2 Å². The van der Waals surface area contributed by atoms with Crippen molar-refractivity contribution in [1.29, 1.82) is 0 Å². The molecule has 1 fully saturated rings. The minimum absolute atomic E-state index is 0.0787. The second kappa shape index (κ2) is 7.17. The predicted octanol–water partition coefficient (Wildman–Crippen LogP) is 3.79. The molecule has 2 aromatic carbocycles. The largest absolute Gasteiger partial charge is 0.459 e. The van der Waals surface area contributed by atoms with Gasteiger partial charge in [0.2, 0.25) is 17.5 Å². The van der Waals surface area contributed by atoms with Crippen LogP contribution in [0, 0.1) is 19.8 Å². The molecule has 0 radical (unpaired) electrons. The third-order valence-corrected chi connectivity index (χ3v) is 6.79. The van der Waals surface area contributed by atoms with E-state index in [4.69, 9.17) is 10.2 Å². The molecule has 0 unspecified atom stereocenters. The number of amides is 1. The van der Waals surface area contributed by atoms with E-state index in [0.29, 0.717) is 34.8 Å². The molecule has 3 aromatic rings. The third-order valence-electron chi connectivity index (χ3n) is 6.79. The molecule has 1 amide bonds. The van der Waals surface area contributed by atoms with Crippen LogP contribution in [0.2, 0.25) is 0 Å². The highest BCUT2D eigenvalue weighted by atomic mass is 16.3. The predicted molar refractivity (Wildman–Crippen MR) is 117 cm³/mol. The first-order chi connectivity index (χ1) is 14.9. The number of carbonyl (C=O) groups is 3. The van der Waals surface area contributed by atoms with E-state index < -0.39 is 11.6 Å². The molecule has 1 saturated heterocycles. The molecule has 31 heavy (non-hydrogen) atoms. The first-order valence-corrected chi connectivity index (χ1v) is 10.6. The Bertz CT molecular complexity index is 1260. The minimum atomic E-state index is -0.503. The van der Waals surface area contributed by atoms with E-state index in [1.54, 1.807) is 0 Å². The monoisotopic (exact) mass is 416 g/mol. The van der Waals surface area contributed by atoms with E-state index in [1.165, 1.54) is 0 Å². The Kier molecular flexibility index (Phi) is 4.55. The summed E-state index contributed by atoms with van der Waals surface area (Å²) in [7, 11) is 0. The fourth-order valence-corrected chi connectivity index (χ4v) is 4.93. The number of piperidine rings is 1. The normalized spacial score (nSPS) is 17.1. The van der Waals surface area contributed by atoms with Crippen LogP contribution in [0.1, 0.15) is 50.4 Å². The van der Waals surface area contributed by atoms with Gasteiger partial charge >= 0.3 is 0 Å². The SMILES string of the molecule is Cc1c(CN2CCC(C(N)=O)CC2)oc2c1C(=O)C(=O)c1c-2ccc2c(C)cccc12. The summed E-state index contributed by atoms with van der Waals surface area (Å²) in [6.45, 7) is 5.85. The topological polar surface area (TPSA) is 93.6 Å². The number of furan rings is 1. The lowest BCUT2D eigenvalue weighted by atomic mass is 9.83. The second-order valence-corrected chi connectivity index (χ2v) is 8.62. The zero-order valence-corrected chi connectivity index (χ0v) is 17.7. The van der Waals surface area contributed by atoms with Crippen molar-refractivity contribution in [3.63, 3.8) is 0 Å². The fraction of sp³-hybridized carbons (Fsp3) is 0.320. The number of benzene rings is 2. The first-order valence-electron chi connectivity index (χ1n) is 10.6. The van der Waals surface area contributed by atoms with Gasteiger partial charge in [0.25, 0.3) is 0 Å². The van der Waals surface area contributed by atoms with Gasteiger partial charge in [-0.2, -0.15) is 0 Å². The first kappa shape index (κ1) is 19.7. The van der Waals surface area contributed by atoms with Gasteiger partial charge in [-0.1, -0.05) is 24.3 Å². The number of nitrogens with two attached hydrogens (primary N) is 1. The van der Waals surface area contributed by atoms with Gasteiger partial charge in [0.15, 0.2) is 0 Å². The summed E-state index contributed by atoms with van der Waals surface area (Å²) in [5.41, 5.74) is 8.71. The molecule has 0 spiro atoms. The molecule has 1 aliphatic carbocycles. The average molecular weight is 416 g/mol. The van der Waals surface area contributed by atoms with Crippen molar-refractivity contribution >= 4 is 28.2 Å². The summed E-state index contributed by atoms with van der Waals surface area (Å²) < 4.78 is 6.23. The smallest absolute Gasteiger partial charge is 0.237 e. The number of rotatable bonds is 3. The Hall–Kier alpha value is -3.25. The molecular formula is C25H24N2O4. The van der Waals surface area contributed by atoms with E-state index in [0.717, 1.165) is 47.8 Å². The van der Waals surface area contributed by atoms with Gasteiger partial charge in [-0.25, -0.2) is 0 Å². The van der Waals surface area contributed by atoms with Crippen molar-refractivity contribution in [2.75, 3.05) is 13.1 Å². The van der Waals surface area contributed by atoms with E-state index in [9.17, 15) is 14.4 Å². The molecule has 2 N–H and O–H groups in total. The highest BCUT2D eigenvalue weighted by molar-refractivity contribution is 6.54. The van der Waals surface area contributed by atoms with E-state index in [1.807, 2.05) is 44.2 Å². The Balaban J connectivity index is 1.55. The summed E-state index contributed by atoms with van der Waals surface area (Å²) in [6.07, 6.45) is 1.45. The van der Waals surface area contributed by atoms with Crippen LogP contribution in [-0.2, 0) is 11.3 Å². The number of ketones is 2. The number of carbonyl (C=O) groups excluding carboxylic acids is 3. The van der Waals surface area contributed by atoms with Crippen LogP contribution in [-0.4, -0.2) is 35.5 Å². The zero-order chi connectivity index (χ0) is 21.9. The van der Waals surface area contributed by atoms with Gasteiger partial charge < -0.3 is 10.2 Å². The highest BCUT2D eigenvalue weighted by Crippen LogP contribution is 2.42. The van der Waals surface area contributed by atoms with Crippen LogP contribution in [0.15, 0.2) is 34.7 Å². The summed E-state index contributed by atoms with van der Waals surface area (Å²) in [6, 6.07) is 9.66. The molecule has 0 atom stereocenters. The van der Waals surface area contributed by atoms with E-state index in [2.05, 4.69) is 4.90 Å². The number of Topliss-reactive ketones (excluding diaryl/α,β-unsaturated/α-hetero) is 2. The lowest BCUT2D eigenvalue weighted by Gasteiger charge is -2.29. The fourth-order valence-electron chi connectivity index (χ4n) is 4.93. The van der Waals surface area contributed by atoms with Gasteiger partial charge in [0.1, 0.15) is 11.5 Å². The van der Waals surface area contributed by atoms with Crippen molar-refractivity contribution < 1.29 is 18.8 Å². The van der Waals surface area contributed by atoms with Gasteiger partial charge in [-0.3, -0.25) is 19.3 Å². The number of aryl methyl sites for hydroxylation is 1. The number of hydrogen-bond donors (Lipinski definition) is 1. The molecule has 0 bridgehead atoms. The lowest BCUT2D eigenvalue weighted by Crippen LogP contribution is -2.38. The highest BCUT2D eigenvalue weighted by Gasteiger charge is 2.37. The Morgan fingerprint density at radius 1 is 1.03 bits per heavy atom. The summed E-state index contributed by atoms with van der Waals surface area (Å²) in [4.78, 5) is 39.8. The summed E-state index contributed by atoms with van der Waals surface area (Å²) >= 11 is 0. The molecule has 6 nitrogen and oxygen atoms in total. The maximum atomic E-state index is 13.1. The summed E-state index contributed by atoms with van der Waals surface area (Å²) in [5, 5.41) is 1.75. The van der Waals surface area contributed by atoms with Crippen molar-refractivity contribution in [3.8, 4) is 11.3 Å². The van der Waals surface area contributed by atoms with Crippen LogP contribution in [0.3, 0.4) is 0 Å². The minimum Gasteiger partial charge on any atom is -0.459 e. The Morgan fingerprint density at radius 2 is 1.74 bits per heavy atom. The maximum Gasteiger partial charge on any atom is 0.237 e. The molecule has 6 heteroatoms.